The molecule has 0 aromatic carbocycles. The van der Waals surface area contributed by atoms with Gasteiger partial charge in [-0.2, -0.15) is 18.6 Å². The van der Waals surface area contributed by atoms with Gasteiger partial charge in [-0.25, -0.2) is 9.59 Å². The molecule has 0 spiro atoms. The molecule has 0 heterocycles. The van der Waals surface area contributed by atoms with E-state index >= 15 is 0 Å². The Morgan fingerprint density at radius 2 is 1.43 bits per heavy atom. The molecule has 0 aromatic rings. The summed E-state index contributed by atoms with van der Waals surface area (Å²) >= 11 is 0. The molecule has 0 bridgehead atoms. The normalized spacial score (nSPS) is 11.5. The van der Waals surface area contributed by atoms with Gasteiger partial charge < -0.3 is 14.2 Å². The summed E-state index contributed by atoms with van der Waals surface area (Å²) in [5, 5.41) is 0. The van der Waals surface area contributed by atoms with Crippen molar-refractivity contribution in [2.24, 2.45) is 11.3 Å². The van der Waals surface area contributed by atoms with Crippen LogP contribution >= 0.6 is 0 Å². The number of hydrogen-bond acceptors (Lipinski definition) is 10. The molecule has 10 nitrogen and oxygen atoms in total. The van der Waals surface area contributed by atoms with Crippen LogP contribution in [0.5, 0.6) is 0 Å². The number of hydrogen-bond donors (Lipinski definition) is 1. The van der Waals surface area contributed by atoms with Crippen LogP contribution < -0.4 is 5.90 Å². The van der Waals surface area contributed by atoms with Gasteiger partial charge in [-0.1, -0.05) is 32.9 Å². The molecular formula is C19H31NO9S. The minimum Gasteiger partial charge on any atom is -0.465 e. The maximum Gasteiger partial charge on any atom is 0.333 e. The zero-order valence-corrected chi connectivity index (χ0v) is 18.5. The van der Waals surface area contributed by atoms with Gasteiger partial charge in [0.25, 0.3) is 10.1 Å². The second-order valence-corrected chi connectivity index (χ2v) is 8.66. The van der Waals surface area contributed by atoms with Gasteiger partial charge in [-0.3, -0.25) is 4.79 Å². The predicted octanol–water partition coefficient (Wildman–Crippen LogP) is 1.56. The fourth-order valence-corrected chi connectivity index (χ4v) is 2.74. The lowest BCUT2D eigenvalue weighted by Gasteiger charge is -2.30. The van der Waals surface area contributed by atoms with Gasteiger partial charge in [0.1, 0.15) is 18.6 Å². The van der Waals surface area contributed by atoms with Gasteiger partial charge in [0.15, 0.2) is 0 Å². The number of unbranched alkanes of at least 4 members (excludes halogenated alkanes) is 1. The molecule has 0 aliphatic heterocycles. The van der Waals surface area contributed by atoms with Crippen LogP contribution in [0.2, 0.25) is 0 Å². The highest BCUT2D eigenvalue weighted by atomic mass is 32.2. The molecule has 0 atom stereocenters. The number of carbonyl (C=O) groups excluding carboxylic acids is 3. The summed E-state index contributed by atoms with van der Waals surface area (Å²) in [6.07, 6.45) is 1.41. The molecule has 0 rings (SSSR count). The lowest BCUT2D eigenvalue weighted by molar-refractivity contribution is -0.171. The standard InChI is InChI=1S/C19H31NO9S/c1-6-7-9-19(12-27-16(21)14(2)3,13-28-17(22)15(4)5)18(23)26-10-8-11-30(24,25)29-20/h2,4,6-13,20H2,1,3,5H3. The Bertz CT molecular complexity index is 713. The summed E-state index contributed by atoms with van der Waals surface area (Å²) in [7, 11) is -3.90. The fourth-order valence-electron chi connectivity index (χ4n) is 2.18. The summed E-state index contributed by atoms with van der Waals surface area (Å²) in [6.45, 7) is 10.7. The van der Waals surface area contributed by atoms with Gasteiger partial charge >= 0.3 is 17.9 Å². The van der Waals surface area contributed by atoms with Gasteiger partial charge in [-0.05, 0) is 26.7 Å². The van der Waals surface area contributed by atoms with Crippen LogP contribution in [0.25, 0.3) is 0 Å². The van der Waals surface area contributed by atoms with Crippen molar-refractivity contribution in [3.05, 3.63) is 24.3 Å². The molecule has 2 N–H and O–H groups in total. The monoisotopic (exact) mass is 449 g/mol. The zero-order chi connectivity index (χ0) is 23.4. The first-order chi connectivity index (χ1) is 13.9. The van der Waals surface area contributed by atoms with E-state index in [2.05, 4.69) is 23.3 Å². The summed E-state index contributed by atoms with van der Waals surface area (Å²) in [5.41, 5.74) is -1.19. The lowest BCUT2D eigenvalue weighted by atomic mass is 9.84. The Balaban J connectivity index is 5.44. The molecule has 0 aromatic heterocycles. The van der Waals surface area contributed by atoms with Crippen LogP contribution in [0.4, 0.5) is 0 Å². The summed E-state index contributed by atoms with van der Waals surface area (Å²) in [5.74, 6) is 2.00. The topological polar surface area (TPSA) is 148 Å². The highest BCUT2D eigenvalue weighted by Crippen LogP contribution is 2.29. The molecule has 0 radical (unpaired) electrons. The van der Waals surface area contributed by atoms with E-state index < -0.39 is 52.4 Å². The summed E-state index contributed by atoms with van der Waals surface area (Å²) < 4.78 is 41.9. The summed E-state index contributed by atoms with van der Waals surface area (Å²) in [4.78, 5) is 36.6. The fraction of sp³-hybridized carbons (Fsp3) is 0.632. The number of nitrogens with two attached hydrogens (primary N) is 1. The smallest absolute Gasteiger partial charge is 0.333 e. The van der Waals surface area contributed by atoms with Crippen molar-refractivity contribution in [2.45, 2.75) is 46.5 Å². The van der Waals surface area contributed by atoms with E-state index in [1.54, 1.807) is 0 Å². The Kier molecular flexibility index (Phi) is 12.2. The second-order valence-electron chi connectivity index (χ2n) is 6.94. The predicted molar refractivity (Wildman–Crippen MR) is 108 cm³/mol. The van der Waals surface area contributed by atoms with E-state index in [0.29, 0.717) is 12.8 Å². The highest BCUT2D eigenvalue weighted by molar-refractivity contribution is 7.86. The third-order valence-corrected chi connectivity index (χ3v) is 5.10. The number of esters is 3. The first kappa shape index (κ1) is 27.8. The second kappa shape index (κ2) is 13.1. The minimum absolute atomic E-state index is 0.0633. The third-order valence-electron chi connectivity index (χ3n) is 4.02. The van der Waals surface area contributed by atoms with Crippen LogP contribution in [0, 0.1) is 5.41 Å². The van der Waals surface area contributed by atoms with Crippen molar-refractivity contribution in [1.29, 1.82) is 0 Å². The molecule has 0 fully saturated rings. The van der Waals surface area contributed by atoms with E-state index in [1.165, 1.54) is 13.8 Å². The molecular weight excluding hydrogens is 418 g/mol. The molecule has 0 saturated heterocycles. The highest BCUT2D eigenvalue weighted by Gasteiger charge is 2.43. The van der Waals surface area contributed by atoms with Crippen LogP contribution in [0.1, 0.15) is 46.5 Å². The first-order valence-electron chi connectivity index (χ1n) is 9.34. The van der Waals surface area contributed by atoms with Crippen LogP contribution in [-0.2, 0) is 43.0 Å². The third kappa shape index (κ3) is 9.99. The SMILES string of the molecule is C=C(C)C(=O)OCC(CCCC)(COC(=O)C(=C)C)C(=O)OCCCS(=O)(=O)ON. The lowest BCUT2D eigenvalue weighted by Crippen LogP contribution is -2.43. The van der Waals surface area contributed by atoms with E-state index in [0.717, 1.165) is 0 Å². The van der Waals surface area contributed by atoms with Crippen LogP contribution in [-0.4, -0.2) is 51.9 Å². The average Bonchev–Trinajstić information content (AvgIpc) is 2.69. The molecule has 0 unspecified atom stereocenters. The Morgan fingerprint density at radius 1 is 0.933 bits per heavy atom. The van der Waals surface area contributed by atoms with Crippen molar-refractivity contribution in [2.75, 3.05) is 25.6 Å². The molecule has 11 heteroatoms. The summed E-state index contributed by atoms with van der Waals surface area (Å²) in [6, 6.07) is 0. The Hall–Kier alpha value is -2.24. The quantitative estimate of drug-likeness (QED) is 0.128. The molecule has 172 valence electrons. The molecule has 0 aliphatic rings. The van der Waals surface area contributed by atoms with E-state index in [-0.39, 0.29) is 30.6 Å². The minimum atomic E-state index is -3.90. The van der Waals surface area contributed by atoms with Crippen molar-refractivity contribution in [3.8, 4) is 0 Å². The number of carbonyl (C=O) groups is 3. The van der Waals surface area contributed by atoms with E-state index in [4.69, 9.17) is 14.2 Å². The first-order valence-corrected chi connectivity index (χ1v) is 10.9. The molecule has 0 saturated carbocycles. The Morgan fingerprint density at radius 3 is 1.83 bits per heavy atom. The molecule has 0 amide bonds. The van der Waals surface area contributed by atoms with Crippen LogP contribution in [0.3, 0.4) is 0 Å². The van der Waals surface area contributed by atoms with Crippen molar-refractivity contribution in [3.63, 3.8) is 0 Å². The van der Waals surface area contributed by atoms with Crippen molar-refractivity contribution >= 4 is 28.0 Å². The molecule has 0 aliphatic carbocycles. The Labute approximate surface area is 177 Å². The number of rotatable bonds is 15. The van der Waals surface area contributed by atoms with Gasteiger partial charge in [0, 0.05) is 11.1 Å². The largest absolute Gasteiger partial charge is 0.465 e. The zero-order valence-electron chi connectivity index (χ0n) is 17.7. The van der Waals surface area contributed by atoms with Crippen LogP contribution in [0.15, 0.2) is 24.3 Å². The molecule has 30 heavy (non-hydrogen) atoms. The van der Waals surface area contributed by atoms with Gasteiger partial charge in [0.2, 0.25) is 0 Å². The van der Waals surface area contributed by atoms with Gasteiger partial charge in [0.05, 0.1) is 12.4 Å². The maximum atomic E-state index is 12.9. The van der Waals surface area contributed by atoms with Gasteiger partial charge in [-0.15, -0.1) is 0 Å². The van der Waals surface area contributed by atoms with Crippen molar-refractivity contribution < 1.29 is 41.3 Å². The average molecular weight is 450 g/mol. The van der Waals surface area contributed by atoms with E-state index in [1.807, 2.05) is 6.92 Å². The number of ether oxygens (including phenoxy) is 3. The van der Waals surface area contributed by atoms with Crippen molar-refractivity contribution in [1.82, 2.24) is 0 Å². The maximum absolute atomic E-state index is 12.9. The van der Waals surface area contributed by atoms with E-state index in [9.17, 15) is 22.8 Å².